The molecule has 4 bridgehead atoms. The zero-order chi connectivity index (χ0) is 12.0. The van der Waals surface area contributed by atoms with Crippen molar-refractivity contribution in [3.8, 4) is 0 Å². The Labute approximate surface area is 108 Å². The first kappa shape index (κ1) is 11.5. The fraction of sp³-hybridized carbons (Fsp3) is 0.846. The molecule has 17 heavy (non-hydrogen) atoms. The number of thiocarbonyl (C=S) groups is 1. The molecule has 0 heterocycles. The summed E-state index contributed by atoms with van der Waals surface area (Å²) >= 11 is 4.73. The average molecular weight is 252 g/mol. The second-order valence-electron chi connectivity index (χ2n) is 6.51. The number of rotatable bonds is 2. The Balaban J connectivity index is 1.70. The number of nitrogens with two attached hydrogens (primary N) is 1. The molecule has 4 heteroatoms. The molecule has 0 spiro atoms. The fourth-order valence-corrected chi connectivity index (χ4v) is 5.14. The molecule has 0 saturated heterocycles. The van der Waals surface area contributed by atoms with E-state index in [1.54, 1.807) is 0 Å². The van der Waals surface area contributed by atoms with Crippen molar-refractivity contribution in [1.29, 1.82) is 0 Å². The second-order valence-corrected chi connectivity index (χ2v) is 6.95. The molecule has 4 fully saturated rings. The van der Waals surface area contributed by atoms with E-state index in [-0.39, 0.29) is 16.4 Å². The standard InChI is InChI=1S/C13H20N2OS/c14-12(17)15-11(16)7-13-4-8-1-9(5-13)3-10(2-8)6-13/h8-10H,1-7H2,(H3,14,15,16,17). The molecule has 0 aromatic carbocycles. The zero-order valence-electron chi connectivity index (χ0n) is 10.1. The van der Waals surface area contributed by atoms with Crippen molar-refractivity contribution >= 4 is 23.2 Å². The van der Waals surface area contributed by atoms with Crippen LogP contribution in [0.3, 0.4) is 0 Å². The van der Waals surface area contributed by atoms with Gasteiger partial charge in [0.1, 0.15) is 0 Å². The van der Waals surface area contributed by atoms with E-state index in [9.17, 15) is 4.79 Å². The Kier molecular flexibility index (Phi) is 2.65. The minimum absolute atomic E-state index is 0.0273. The molecule has 0 radical (unpaired) electrons. The molecule has 3 N–H and O–H groups in total. The molecule has 0 atom stereocenters. The predicted octanol–water partition coefficient (Wildman–Crippen LogP) is 1.95. The molecular weight excluding hydrogens is 232 g/mol. The molecule has 1 amide bonds. The second kappa shape index (κ2) is 3.94. The van der Waals surface area contributed by atoms with Crippen LogP contribution in [0.2, 0.25) is 0 Å². The molecule has 0 aliphatic heterocycles. The van der Waals surface area contributed by atoms with Gasteiger partial charge >= 0.3 is 0 Å². The van der Waals surface area contributed by atoms with Crippen molar-refractivity contribution in [3.63, 3.8) is 0 Å². The highest BCUT2D eigenvalue weighted by Crippen LogP contribution is 2.61. The van der Waals surface area contributed by atoms with Crippen LogP contribution in [0.25, 0.3) is 0 Å². The van der Waals surface area contributed by atoms with Crippen LogP contribution < -0.4 is 11.1 Å². The van der Waals surface area contributed by atoms with Gasteiger partial charge in [0.2, 0.25) is 5.91 Å². The molecule has 0 aromatic rings. The molecular formula is C13H20N2OS. The third-order valence-electron chi connectivity index (χ3n) is 4.96. The summed E-state index contributed by atoms with van der Waals surface area (Å²) in [7, 11) is 0. The van der Waals surface area contributed by atoms with E-state index in [1.165, 1.54) is 38.5 Å². The maximum atomic E-state index is 11.9. The van der Waals surface area contributed by atoms with Gasteiger partial charge in [-0.2, -0.15) is 0 Å². The average Bonchev–Trinajstić information content (AvgIpc) is 2.11. The van der Waals surface area contributed by atoms with E-state index in [4.69, 9.17) is 18.0 Å². The number of hydrogen-bond donors (Lipinski definition) is 2. The third-order valence-corrected chi connectivity index (χ3v) is 5.07. The summed E-state index contributed by atoms with van der Waals surface area (Å²) in [5, 5.41) is 2.70. The van der Waals surface area contributed by atoms with E-state index >= 15 is 0 Å². The summed E-state index contributed by atoms with van der Waals surface area (Å²) in [5.74, 6) is 2.69. The maximum absolute atomic E-state index is 11.9. The van der Waals surface area contributed by atoms with Crippen molar-refractivity contribution < 1.29 is 4.79 Å². The quantitative estimate of drug-likeness (QED) is 0.739. The van der Waals surface area contributed by atoms with Gasteiger partial charge in [-0.25, -0.2) is 0 Å². The highest BCUT2D eigenvalue weighted by atomic mass is 32.1. The van der Waals surface area contributed by atoms with Gasteiger partial charge in [0.05, 0.1) is 0 Å². The number of carbonyl (C=O) groups is 1. The van der Waals surface area contributed by atoms with Crippen LogP contribution in [-0.2, 0) is 4.79 Å². The fourth-order valence-electron chi connectivity index (χ4n) is 5.03. The normalized spacial score (nSPS) is 42.5. The van der Waals surface area contributed by atoms with E-state index in [0.717, 1.165) is 17.8 Å². The third kappa shape index (κ3) is 2.19. The summed E-state index contributed by atoms with van der Waals surface area (Å²) in [6.45, 7) is 0. The molecule has 4 saturated carbocycles. The van der Waals surface area contributed by atoms with Gasteiger partial charge in [-0.3, -0.25) is 4.79 Å². The molecule has 94 valence electrons. The van der Waals surface area contributed by atoms with Crippen LogP contribution in [0.5, 0.6) is 0 Å². The predicted molar refractivity (Wildman–Crippen MR) is 70.2 cm³/mol. The van der Waals surface area contributed by atoms with Crippen LogP contribution in [0, 0.1) is 23.2 Å². The molecule has 4 aliphatic rings. The smallest absolute Gasteiger partial charge is 0.226 e. The Bertz CT molecular complexity index is 331. The minimum atomic E-state index is 0.0273. The van der Waals surface area contributed by atoms with Crippen LogP contribution in [-0.4, -0.2) is 11.0 Å². The summed E-state index contributed by atoms with van der Waals surface area (Å²) in [4.78, 5) is 11.9. The number of hydrogen-bond acceptors (Lipinski definition) is 2. The van der Waals surface area contributed by atoms with Crippen LogP contribution in [0.1, 0.15) is 44.9 Å². The molecule has 4 aliphatic carbocycles. The monoisotopic (exact) mass is 252 g/mol. The van der Waals surface area contributed by atoms with Crippen molar-refractivity contribution in [2.45, 2.75) is 44.9 Å². The van der Waals surface area contributed by atoms with Gasteiger partial charge < -0.3 is 11.1 Å². The van der Waals surface area contributed by atoms with Gasteiger partial charge in [0.25, 0.3) is 0 Å². The molecule has 0 aromatic heterocycles. The van der Waals surface area contributed by atoms with Crippen LogP contribution in [0.4, 0.5) is 0 Å². The van der Waals surface area contributed by atoms with E-state index in [2.05, 4.69) is 5.32 Å². The highest BCUT2D eigenvalue weighted by Gasteiger charge is 2.51. The minimum Gasteiger partial charge on any atom is -0.376 e. The topological polar surface area (TPSA) is 55.1 Å². The van der Waals surface area contributed by atoms with Gasteiger partial charge in [-0.15, -0.1) is 0 Å². The van der Waals surface area contributed by atoms with E-state index in [0.29, 0.717) is 6.42 Å². The lowest BCUT2D eigenvalue weighted by atomic mass is 9.49. The Morgan fingerprint density at radius 3 is 2.06 bits per heavy atom. The lowest BCUT2D eigenvalue weighted by Crippen LogP contribution is -2.48. The van der Waals surface area contributed by atoms with Crippen LogP contribution >= 0.6 is 12.2 Å². The lowest BCUT2D eigenvalue weighted by molar-refractivity contribution is -0.127. The van der Waals surface area contributed by atoms with Gasteiger partial charge in [0, 0.05) is 6.42 Å². The zero-order valence-corrected chi connectivity index (χ0v) is 10.9. The van der Waals surface area contributed by atoms with Crippen molar-refractivity contribution in [2.24, 2.45) is 28.9 Å². The number of carbonyl (C=O) groups excluding carboxylic acids is 1. The van der Waals surface area contributed by atoms with Gasteiger partial charge in [0.15, 0.2) is 5.11 Å². The Morgan fingerprint density at radius 2 is 1.65 bits per heavy atom. The number of nitrogens with one attached hydrogen (secondary N) is 1. The van der Waals surface area contributed by atoms with Gasteiger partial charge in [-0.05, 0) is 73.9 Å². The van der Waals surface area contributed by atoms with Crippen molar-refractivity contribution in [2.75, 3.05) is 0 Å². The SMILES string of the molecule is NC(=S)NC(=O)CC12CC3CC(CC(C3)C1)C2. The summed E-state index contributed by atoms with van der Waals surface area (Å²) in [5.41, 5.74) is 5.64. The number of amides is 1. The highest BCUT2D eigenvalue weighted by molar-refractivity contribution is 7.80. The Morgan fingerprint density at radius 1 is 1.18 bits per heavy atom. The first-order valence-electron chi connectivity index (χ1n) is 6.64. The van der Waals surface area contributed by atoms with Crippen LogP contribution in [0.15, 0.2) is 0 Å². The summed E-state index contributed by atoms with van der Waals surface area (Å²) in [6, 6.07) is 0. The first-order chi connectivity index (χ1) is 8.05. The Hall–Kier alpha value is -0.640. The molecule has 0 unspecified atom stereocenters. The van der Waals surface area contributed by atoms with Crippen molar-refractivity contribution in [3.05, 3.63) is 0 Å². The maximum Gasteiger partial charge on any atom is 0.226 e. The van der Waals surface area contributed by atoms with E-state index < -0.39 is 0 Å². The molecule has 4 rings (SSSR count). The van der Waals surface area contributed by atoms with Crippen molar-refractivity contribution in [1.82, 2.24) is 5.32 Å². The summed E-state index contributed by atoms with van der Waals surface area (Å²) in [6.07, 6.45) is 8.63. The summed E-state index contributed by atoms with van der Waals surface area (Å²) < 4.78 is 0. The molecule has 3 nitrogen and oxygen atoms in total. The largest absolute Gasteiger partial charge is 0.376 e. The lowest BCUT2D eigenvalue weighted by Gasteiger charge is -2.56. The first-order valence-corrected chi connectivity index (χ1v) is 7.05. The van der Waals surface area contributed by atoms with E-state index in [1.807, 2.05) is 0 Å². The van der Waals surface area contributed by atoms with Gasteiger partial charge in [-0.1, -0.05) is 0 Å².